The smallest absolute Gasteiger partial charge is 0.252 e. The number of amides is 1. The maximum absolute atomic E-state index is 12.9. The fourth-order valence-corrected chi connectivity index (χ4v) is 4.45. The van der Waals surface area contributed by atoms with E-state index in [1.165, 1.54) is 0 Å². The zero-order valence-corrected chi connectivity index (χ0v) is 12.7. The van der Waals surface area contributed by atoms with E-state index in [-0.39, 0.29) is 30.1 Å². The van der Waals surface area contributed by atoms with Crippen molar-refractivity contribution in [3.63, 3.8) is 0 Å². The second-order valence-electron chi connectivity index (χ2n) is 6.82. The van der Waals surface area contributed by atoms with Crippen LogP contribution in [0.5, 0.6) is 0 Å². The second kappa shape index (κ2) is 5.66. The molecule has 6 nitrogen and oxygen atoms in total. The number of aliphatic hydroxyl groups excluding tert-OH is 1. The Morgan fingerprint density at radius 3 is 3.05 bits per heavy atom. The lowest BCUT2D eigenvalue weighted by Gasteiger charge is -2.30. The first kappa shape index (κ1) is 14.2. The standard InChI is InChI=1S/C16H23N3O3/c20-13-2-1-11-3-6-19(14(11)13)16(21)15-12(4-8-22-15)9-18-7-5-17-10-18/h5,7,10-15,20H,1-4,6,8-9H2/t11-,12+,13+,14+,15+/m0/s1. The Kier molecular flexibility index (Phi) is 3.66. The van der Waals surface area contributed by atoms with E-state index in [9.17, 15) is 9.90 Å². The molecule has 4 rings (SSSR count). The number of fused-ring (bicyclic) bond motifs is 1. The largest absolute Gasteiger partial charge is 0.391 e. The van der Waals surface area contributed by atoms with Crippen LogP contribution in [-0.2, 0) is 16.1 Å². The minimum atomic E-state index is -0.367. The molecule has 1 aromatic rings. The van der Waals surface area contributed by atoms with Gasteiger partial charge < -0.3 is 19.3 Å². The Balaban J connectivity index is 1.47. The first-order valence-electron chi connectivity index (χ1n) is 8.30. The molecule has 5 atom stereocenters. The first-order chi connectivity index (χ1) is 10.7. The lowest BCUT2D eigenvalue weighted by molar-refractivity contribution is -0.145. The van der Waals surface area contributed by atoms with E-state index in [2.05, 4.69) is 4.98 Å². The van der Waals surface area contributed by atoms with Gasteiger partial charge in [-0.1, -0.05) is 0 Å². The molecule has 120 valence electrons. The van der Waals surface area contributed by atoms with Crippen LogP contribution in [0, 0.1) is 11.8 Å². The van der Waals surface area contributed by atoms with Crippen molar-refractivity contribution in [3.05, 3.63) is 18.7 Å². The highest BCUT2D eigenvalue weighted by Gasteiger charge is 2.48. The Hall–Kier alpha value is -1.40. The van der Waals surface area contributed by atoms with Crippen LogP contribution in [0.2, 0.25) is 0 Å². The third-order valence-electron chi connectivity index (χ3n) is 5.56. The van der Waals surface area contributed by atoms with E-state index in [4.69, 9.17) is 4.74 Å². The van der Waals surface area contributed by atoms with Gasteiger partial charge in [0, 0.05) is 38.0 Å². The Morgan fingerprint density at radius 2 is 2.23 bits per heavy atom. The van der Waals surface area contributed by atoms with E-state index >= 15 is 0 Å². The monoisotopic (exact) mass is 305 g/mol. The fraction of sp³-hybridized carbons (Fsp3) is 0.750. The van der Waals surface area contributed by atoms with Gasteiger partial charge in [0.1, 0.15) is 6.10 Å². The summed E-state index contributed by atoms with van der Waals surface area (Å²) in [5, 5.41) is 10.2. The average Bonchev–Trinajstić information content (AvgIpc) is 3.26. The quantitative estimate of drug-likeness (QED) is 0.891. The molecule has 22 heavy (non-hydrogen) atoms. The molecule has 0 bridgehead atoms. The van der Waals surface area contributed by atoms with E-state index in [0.29, 0.717) is 12.5 Å². The van der Waals surface area contributed by atoms with Gasteiger partial charge in [0.25, 0.3) is 5.91 Å². The molecule has 1 saturated carbocycles. The van der Waals surface area contributed by atoms with Crippen molar-refractivity contribution in [2.45, 2.75) is 50.5 Å². The van der Waals surface area contributed by atoms with Crippen LogP contribution in [-0.4, -0.2) is 56.9 Å². The Morgan fingerprint density at radius 1 is 1.32 bits per heavy atom. The summed E-state index contributed by atoms with van der Waals surface area (Å²) >= 11 is 0. The molecular formula is C16H23N3O3. The highest BCUT2D eigenvalue weighted by Crippen LogP contribution is 2.39. The van der Waals surface area contributed by atoms with E-state index in [1.807, 2.05) is 15.7 Å². The van der Waals surface area contributed by atoms with Gasteiger partial charge in [0.05, 0.1) is 18.5 Å². The SMILES string of the molecule is O=C([C@@H]1OCC[C@@H]1Cn1ccnc1)N1CC[C@@H]2CC[C@@H](O)[C@@H]21. The molecule has 1 aromatic heterocycles. The summed E-state index contributed by atoms with van der Waals surface area (Å²) in [6.07, 6.45) is 8.53. The lowest BCUT2D eigenvalue weighted by atomic mass is 9.99. The molecule has 2 saturated heterocycles. The van der Waals surface area contributed by atoms with Gasteiger partial charge >= 0.3 is 0 Å². The Bertz CT molecular complexity index is 533. The summed E-state index contributed by atoms with van der Waals surface area (Å²) < 4.78 is 7.78. The highest BCUT2D eigenvalue weighted by atomic mass is 16.5. The van der Waals surface area contributed by atoms with E-state index < -0.39 is 0 Å². The van der Waals surface area contributed by atoms with Crippen molar-refractivity contribution < 1.29 is 14.6 Å². The number of imidazole rings is 1. The van der Waals surface area contributed by atoms with Gasteiger partial charge in [-0.05, 0) is 31.6 Å². The molecule has 3 fully saturated rings. The number of ether oxygens (including phenoxy) is 1. The third kappa shape index (κ3) is 2.34. The third-order valence-corrected chi connectivity index (χ3v) is 5.56. The van der Waals surface area contributed by atoms with Crippen molar-refractivity contribution in [1.82, 2.24) is 14.5 Å². The number of aliphatic hydroxyl groups is 1. The van der Waals surface area contributed by atoms with Crippen LogP contribution in [0.1, 0.15) is 25.7 Å². The highest BCUT2D eigenvalue weighted by molar-refractivity contribution is 5.82. The van der Waals surface area contributed by atoms with Crippen LogP contribution in [0.15, 0.2) is 18.7 Å². The molecule has 3 aliphatic rings. The molecule has 0 unspecified atom stereocenters. The Labute approximate surface area is 130 Å². The molecule has 1 aliphatic carbocycles. The number of aromatic nitrogens is 2. The predicted molar refractivity (Wildman–Crippen MR) is 78.9 cm³/mol. The molecule has 1 amide bonds. The minimum Gasteiger partial charge on any atom is -0.391 e. The maximum Gasteiger partial charge on any atom is 0.252 e. The zero-order valence-electron chi connectivity index (χ0n) is 12.7. The lowest BCUT2D eigenvalue weighted by Crippen LogP contribution is -2.48. The van der Waals surface area contributed by atoms with Crippen LogP contribution in [0.3, 0.4) is 0 Å². The van der Waals surface area contributed by atoms with Crippen LogP contribution in [0.4, 0.5) is 0 Å². The van der Waals surface area contributed by atoms with Crippen molar-refractivity contribution in [2.24, 2.45) is 11.8 Å². The maximum atomic E-state index is 12.9. The van der Waals surface area contributed by atoms with Crippen molar-refractivity contribution in [2.75, 3.05) is 13.2 Å². The molecular weight excluding hydrogens is 282 g/mol. The second-order valence-corrected chi connectivity index (χ2v) is 6.82. The summed E-state index contributed by atoms with van der Waals surface area (Å²) in [5.74, 6) is 0.753. The van der Waals surface area contributed by atoms with Crippen molar-refractivity contribution >= 4 is 5.91 Å². The van der Waals surface area contributed by atoms with Crippen LogP contribution >= 0.6 is 0 Å². The van der Waals surface area contributed by atoms with Crippen LogP contribution < -0.4 is 0 Å². The number of nitrogens with zero attached hydrogens (tertiary/aromatic N) is 3. The number of likely N-dealkylation sites (tertiary alicyclic amines) is 1. The zero-order chi connectivity index (χ0) is 15.1. The van der Waals surface area contributed by atoms with Gasteiger partial charge in [-0.25, -0.2) is 4.98 Å². The van der Waals surface area contributed by atoms with Gasteiger partial charge in [-0.15, -0.1) is 0 Å². The predicted octanol–water partition coefficient (Wildman–Crippen LogP) is 0.660. The molecule has 6 heteroatoms. The van der Waals surface area contributed by atoms with Gasteiger partial charge in [-0.2, -0.15) is 0 Å². The first-order valence-corrected chi connectivity index (χ1v) is 8.30. The van der Waals surface area contributed by atoms with E-state index in [0.717, 1.165) is 38.8 Å². The summed E-state index contributed by atoms with van der Waals surface area (Å²) in [5.41, 5.74) is 0. The fourth-order valence-electron chi connectivity index (χ4n) is 4.45. The molecule has 0 aromatic carbocycles. The molecule has 2 aliphatic heterocycles. The number of hydrogen-bond acceptors (Lipinski definition) is 4. The summed E-state index contributed by atoms with van der Waals surface area (Å²) in [7, 11) is 0. The summed E-state index contributed by atoms with van der Waals surface area (Å²) in [4.78, 5) is 18.9. The van der Waals surface area contributed by atoms with Crippen LogP contribution in [0.25, 0.3) is 0 Å². The molecule has 0 radical (unpaired) electrons. The minimum absolute atomic E-state index is 0.0191. The number of rotatable bonds is 3. The number of hydrogen-bond donors (Lipinski definition) is 1. The van der Waals surface area contributed by atoms with Crippen molar-refractivity contribution in [3.8, 4) is 0 Å². The molecule has 0 spiro atoms. The summed E-state index contributed by atoms with van der Waals surface area (Å²) in [6, 6.07) is 0.0191. The normalized spacial score (nSPS) is 37.7. The number of carbonyl (C=O) groups is 1. The number of carbonyl (C=O) groups excluding carboxylic acids is 1. The molecule has 3 heterocycles. The molecule has 1 N–H and O–H groups in total. The van der Waals surface area contributed by atoms with Gasteiger partial charge in [0.15, 0.2) is 0 Å². The van der Waals surface area contributed by atoms with E-state index in [1.54, 1.807) is 12.5 Å². The van der Waals surface area contributed by atoms with Gasteiger partial charge in [0.2, 0.25) is 0 Å². The summed E-state index contributed by atoms with van der Waals surface area (Å²) in [6.45, 7) is 2.17. The average molecular weight is 305 g/mol. The topological polar surface area (TPSA) is 67.6 Å². The van der Waals surface area contributed by atoms with Crippen molar-refractivity contribution in [1.29, 1.82) is 0 Å². The van der Waals surface area contributed by atoms with Gasteiger partial charge in [-0.3, -0.25) is 4.79 Å².